The zero-order valence-electron chi connectivity index (χ0n) is 16.2. The second kappa shape index (κ2) is 8.84. The van der Waals surface area contributed by atoms with Crippen molar-refractivity contribution in [3.05, 3.63) is 94.6 Å². The quantitative estimate of drug-likeness (QED) is 0.466. The largest absolute Gasteiger partial charge is 0.489 e. The molecule has 0 radical (unpaired) electrons. The van der Waals surface area contributed by atoms with Crippen LogP contribution in [-0.4, -0.2) is 20.8 Å². The Kier molecular flexibility index (Phi) is 5.81. The van der Waals surface area contributed by atoms with Crippen molar-refractivity contribution >= 4 is 23.2 Å². The van der Waals surface area contributed by atoms with Crippen LogP contribution in [0.1, 0.15) is 27.4 Å². The van der Waals surface area contributed by atoms with Crippen molar-refractivity contribution in [1.82, 2.24) is 14.9 Å². The fourth-order valence-corrected chi connectivity index (χ4v) is 3.12. The van der Waals surface area contributed by atoms with Gasteiger partial charge in [0.25, 0.3) is 5.91 Å². The number of nitrogens with zero attached hydrogens (tertiary/aromatic N) is 3. The van der Waals surface area contributed by atoms with Gasteiger partial charge < -0.3 is 14.6 Å². The molecule has 2 aromatic heterocycles. The third kappa shape index (κ3) is 4.69. The van der Waals surface area contributed by atoms with E-state index in [-0.39, 0.29) is 18.2 Å². The lowest BCUT2D eigenvalue weighted by atomic mass is 10.1. The highest BCUT2D eigenvalue weighted by molar-refractivity contribution is 6.30. The van der Waals surface area contributed by atoms with Gasteiger partial charge in [0, 0.05) is 11.9 Å². The van der Waals surface area contributed by atoms with E-state index in [0.717, 1.165) is 5.56 Å². The zero-order valence-corrected chi connectivity index (χ0v) is 17.0. The predicted octanol–water partition coefficient (Wildman–Crippen LogP) is 4.71. The first-order valence-corrected chi connectivity index (χ1v) is 9.67. The summed E-state index contributed by atoms with van der Waals surface area (Å²) in [5, 5.41) is 11.5. The topological polar surface area (TPSA) is 82.2 Å². The van der Waals surface area contributed by atoms with Crippen LogP contribution < -0.4 is 10.1 Å². The molecule has 0 aliphatic carbocycles. The van der Waals surface area contributed by atoms with E-state index in [0.29, 0.717) is 34.3 Å². The Morgan fingerprint density at radius 3 is 2.80 bits per heavy atom. The highest BCUT2D eigenvalue weighted by Crippen LogP contribution is 2.20. The molecule has 0 aliphatic rings. The van der Waals surface area contributed by atoms with Crippen LogP contribution in [0.25, 0.3) is 0 Å². The van der Waals surface area contributed by atoms with Gasteiger partial charge in [-0.25, -0.2) is 0 Å². The van der Waals surface area contributed by atoms with Gasteiger partial charge in [-0.05, 0) is 36.8 Å². The Morgan fingerprint density at radius 2 is 2.03 bits per heavy atom. The van der Waals surface area contributed by atoms with Gasteiger partial charge >= 0.3 is 0 Å². The Morgan fingerprint density at radius 1 is 1.20 bits per heavy atom. The van der Waals surface area contributed by atoms with Crippen molar-refractivity contribution in [2.24, 2.45) is 0 Å². The number of hydrogen-bond acceptors (Lipinski definition) is 5. The molecular formula is C22H19ClN4O3. The number of carbonyl (C=O) groups excluding carboxylic acids is 1. The number of aryl methyl sites for hydroxylation is 1. The number of aromatic nitrogens is 3. The maximum absolute atomic E-state index is 12.8. The maximum atomic E-state index is 12.8. The van der Waals surface area contributed by atoms with E-state index in [9.17, 15) is 4.79 Å². The van der Waals surface area contributed by atoms with Crippen molar-refractivity contribution in [2.45, 2.75) is 20.1 Å². The van der Waals surface area contributed by atoms with Gasteiger partial charge in [0.1, 0.15) is 18.1 Å². The van der Waals surface area contributed by atoms with Gasteiger partial charge in [0.05, 0.1) is 23.3 Å². The van der Waals surface area contributed by atoms with Gasteiger partial charge in [-0.1, -0.05) is 47.1 Å². The predicted molar refractivity (Wildman–Crippen MR) is 113 cm³/mol. The van der Waals surface area contributed by atoms with Gasteiger partial charge in [-0.15, -0.1) is 0 Å². The van der Waals surface area contributed by atoms with Crippen LogP contribution >= 0.6 is 11.6 Å². The summed E-state index contributed by atoms with van der Waals surface area (Å²) in [6.45, 7) is 2.47. The maximum Gasteiger partial charge on any atom is 0.278 e. The summed E-state index contributed by atoms with van der Waals surface area (Å²) < 4.78 is 12.7. The standard InChI is InChI=1S/C22H19ClN4O3/c1-15-20(14-29-19-8-3-2-4-9-19)21(26-30-15)22(28)25-18-7-5-6-16(10-18)12-27-13-17(23)11-24-27/h2-11,13H,12,14H2,1H3,(H,25,28). The van der Waals surface area contributed by atoms with Crippen molar-refractivity contribution in [3.63, 3.8) is 0 Å². The van der Waals surface area contributed by atoms with Crippen LogP contribution in [0.3, 0.4) is 0 Å². The summed E-state index contributed by atoms with van der Waals surface area (Å²) in [6.07, 6.45) is 3.32. The fraction of sp³-hybridized carbons (Fsp3) is 0.136. The lowest BCUT2D eigenvalue weighted by Gasteiger charge is -2.09. The molecule has 0 fully saturated rings. The Labute approximate surface area is 178 Å². The first-order valence-electron chi connectivity index (χ1n) is 9.30. The molecule has 0 unspecified atom stereocenters. The summed E-state index contributed by atoms with van der Waals surface area (Å²) in [4.78, 5) is 12.8. The van der Waals surface area contributed by atoms with Crippen molar-refractivity contribution < 1.29 is 14.1 Å². The molecule has 2 aromatic carbocycles. The van der Waals surface area contributed by atoms with Crippen LogP contribution in [0.4, 0.5) is 5.69 Å². The molecule has 0 saturated heterocycles. The molecule has 7 nitrogen and oxygen atoms in total. The van der Waals surface area contributed by atoms with E-state index >= 15 is 0 Å². The van der Waals surface area contributed by atoms with Crippen LogP contribution in [0.5, 0.6) is 5.75 Å². The monoisotopic (exact) mass is 422 g/mol. The number of nitrogens with one attached hydrogen (secondary N) is 1. The summed E-state index contributed by atoms with van der Waals surface area (Å²) in [6, 6.07) is 16.9. The minimum Gasteiger partial charge on any atom is -0.489 e. The van der Waals surface area contributed by atoms with E-state index in [1.807, 2.05) is 54.6 Å². The first kappa shape index (κ1) is 19.7. The molecule has 4 rings (SSSR count). The van der Waals surface area contributed by atoms with Gasteiger partial charge in [-0.3, -0.25) is 9.48 Å². The molecule has 152 valence electrons. The third-order valence-electron chi connectivity index (χ3n) is 4.46. The molecule has 4 aromatic rings. The highest BCUT2D eigenvalue weighted by Gasteiger charge is 2.20. The molecule has 0 atom stereocenters. The number of anilines is 1. The van der Waals surface area contributed by atoms with Gasteiger partial charge in [0.15, 0.2) is 5.69 Å². The lowest BCUT2D eigenvalue weighted by molar-refractivity contribution is 0.101. The number of rotatable bonds is 7. The van der Waals surface area contributed by atoms with Gasteiger partial charge in [-0.2, -0.15) is 5.10 Å². The van der Waals surface area contributed by atoms with Crippen LogP contribution in [0.2, 0.25) is 5.02 Å². The fourth-order valence-electron chi connectivity index (χ4n) is 2.96. The average Bonchev–Trinajstić information content (AvgIpc) is 3.32. The number of halogens is 1. The van der Waals surface area contributed by atoms with E-state index in [1.54, 1.807) is 24.0 Å². The smallest absolute Gasteiger partial charge is 0.278 e. The Bertz CT molecular complexity index is 1150. The summed E-state index contributed by atoms with van der Waals surface area (Å²) in [7, 11) is 0. The van der Waals surface area contributed by atoms with E-state index < -0.39 is 0 Å². The van der Waals surface area contributed by atoms with Crippen molar-refractivity contribution in [2.75, 3.05) is 5.32 Å². The van der Waals surface area contributed by atoms with Crippen molar-refractivity contribution in [1.29, 1.82) is 0 Å². The van der Waals surface area contributed by atoms with Gasteiger partial charge in [0.2, 0.25) is 0 Å². The molecule has 30 heavy (non-hydrogen) atoms. The zero-order chi connectivity index (χ0) is 20.9. The number of ether oxygens (including phenoxy) is 1. The third-order valence-corrected chi connectivity index (χ3v) is 4.65. The minimum absolute atomic E-state index is 0.183. The second-order valence-electron chi connectivity index (χ2n) is 6.68. The van der Waals surface area contributed by atoms with E-state index in [2.05, 4.69) is 15.6 Å². The SMILES string of the molecule is Cc1onc(C(=O)Nc2cccc(Cn3cc(Cl)cn3)c2)c1COc1ccccc1. The first-order chi connectivity index (χ1) is 14.6. The molecule has 0 bridgehead atoms. The molecule has 1 amide bonds. The number of hydrogen-bond donors (Lipinski definition) is 1. The van der Waals surface area contributed by atoms with Crippen LogP contribution in [-0.2, 0) is 13.2 Å². The normalized spacial score (nSPS) is 10.7. The molecule has 8 heteroatoms. The molecule has 1 N–H and O–H groups in total. The molecule has 2 heterocycles. The number of benzene rings is 2. The highest BCUT2D eigenvalue weighted by atomic mass is 35.5. The summed E-state index contributed by atoms with van der Waals surface area (Å²) in [5.74, 6) is 0.883. The molecular weight excluding hydrogens is 404 g/mol. The molecule has 0 spiro atoms. The van der Waals surface area contributed by atoms with E-state index in [1.165, 1.54) is 0 Å². The van der Waals surface area contributed by atoms with E-state index in [4.69, 9.17) is 20.9 Å². The van der Waals surface area contributed by atoms with Crippen LogP contribution in [0.15, 0.2) is 71.5 Å². The average molecular weight is 423 g/mol. The number of amides is 1. The Hall–Kier alpha value is -3.58. The molecule has 0 saturated carbocycles. The van der Waals surface area contributed by atoms with Crippen molar-refractivity contribution in [3.8, 4) is 5.75 Å². The summed E-state index contributed by atoms with van der Waals surface area (Å²) in [5.41, 5.74) is 2.43. The minimum atomic E-state index is -0.363. The lowest BCUT2D eigenvalue weighted by Crippen LogP contribution is -2.15. The van der Waals surface area contributed by atoms with Crippen LogP contribution in [0, 0.1) is 6.92 Å². The second-order valence-corrected chi connectivity index (χ2v) is 7.11. The molecule has 0 aliphatic heterocycles. The number of para-hydroxylation sites is 1. The Balaban J connectivity index is 1.46. The summed E-state index contributed by atoms with van der Waals surface area (Å²) >= 11 is 5.91. The number of carbonyl (C=O) groups is 1.